The van der Waals surface area contributed by atoms with Crippen molar-refractivity contribution in [3.63, 3.8) is 0 Å². The molecule has 0 spiro atoms. The SMILES string of the molecule is COc1cc(C)c(-c2ccnc(N)c2)cc1C. The molecule has 2 N–H and O–H groups in total. The van der Waals surface area contributed by atoms with E-state index in [2.05, 4.69) is 18.0 Å². The molecule has 0 aliphatic heterocycles. The van der Waals surface area contributed by atoms with Crippen LogP contribution in [0.25, 0.3) is 11.1 Å². The molecule has 3 nitrogen and oxygen atoms in total. The summed E-state index contributed by atoms with van der Waals surface area (Å²) in [4.78, 5) is 4.00. The number of nitrogens with two attached hydrogens (primary N) is 1. The fraction of sp³-hybridized carbons (Fsp3) is 0.214. The van der Waals surface area contributed by atoms with E-state index in [1.807, 2.05) is 25.1 Å². The third kappa shape index (κ3) is 2.23. The topological polar surface area (TPSA) is 48.1 Å². The van der Waals surface area contributed by atoms with E-state index in [0.29, 0.717) is 5.82 Å². The van der Waals surface area contributed by atoms with Gasteiger partial charge in [-0.3, -0.25) is 0 Å². The number of aromatic nitrogens is 1. The summed E-state index contributed by atoms with van der Waals surface area (Å²) in [7, 11) is 1.69. The number of benzene rings is 1. The molecule has 88 valence electrons. The first-order valence-corrected chi connectivity index (χ1v) is 5.49. The molecule has 1 aromatic heterocycles. The van der Waals surface area contributed by atoms with Crippen LogP contribution in [-0.2, 0) is 0 Å². The van der Waals surface area contributed by atoms with E-state index in [4.69, 9.17) is 10.5 Å². The molecule has 2 aromatic rings. The molecule has 3 heteroatoms. The van der Waals surface area contributed by atoms with E-state index in [1.54, 1.807) is 13.3 Å². The largest absolute Gasteiger partial charge is 0.496 e. The van der Waals surface area contributed by atoms with Crippen molar-refractivity contribution in [2.24, 2.45) is 0 Å². The van der Waals surface area contributed by atoms with Crippen LogP contribution in [0, 0.1) is 13.8 Å². The number of pyridine rings is 1. The number of nitrogens with zero attached hydrogens (tertiary/aromatic N) is 1. The number of nitrogen functional groups attached to an aromatic ring is 1. The average Bonchev–Trinajstić information content (AvgIpc) is 2.31. The van der Waals surface area contributed by atoms with E-state index in [-0.39, 0.29) is 0 Å². The Kier molecular flexibility index (Phi) is 3.00. The predicted molar refractivity (Wildman–Crippen MR) is 70.1 cm³/mol. The molecule has 17 heavy (non-hydrogen) atoms. The first kappa shape index (κ1) is 11.5. The van der Waals surface area contributed by atoms with Crippen LogP contribution in [0.3, 0.4) is 0 Å². The lowest BCUT2D eigenvalue weighted by Crippen LogP contribution is -1.93. The second-order valence-electron chi connectivity index (χ2n) is 4.11. The standard InChI is InChI=1S/C14H16N2O/c1-9-7-13(17-3)10(2)6-12(9)11-4-5-16-14(15)8-11/h4-8H,1-3H3,(H2,15,16). The fourth-order valence-electron chi connectivity index (χ4n) is 1.94. The Morgan fingerprint density at radius 3 is 2.53 bits per heavy atom. The molecule has 0 bridgehead atoms. The van der Waals surface area contributed by atoms with Crippen molar-refractivity contribution in [2.45, 2.75) is 13.8 Å². The van der Waals surface area contributed by atoms with Crippen molar-refractivity contribution in [1.29, 1.82) is 0 Å². The van der Waals surface area contributed by atoms with Crippen molar-refractivity contribution in [3.05, 3.63) is 41.6 Å². The molecule has 0 aliphatic carbocycles. The van der Waals surface area contributed by atoms with Crippen LogP contribution in [0.2, 0.25) is 0 Å². The summed E-state index contributed by atoms with van der Waals surface area (Å²) in [6, 6.07) is 8.00. The summed E-state index contributed by atoms with van der Waals surface area (Å²) in [5, 5.41) is 0. The Bertz CT molecular complexity index is 550. The van der Waals surface area contributed by atoms with Crippen molar-refractivity contribution in [1.82, 2.24) is 4.98 Å². The van der Waals surface area contributed by atoms with E-state index in [1.165, 1.54) is 0 Å². The number of anilines is 1. The Labute approximate surface area is 101 Å². The Morgan fingerprint density at radius 1 is 1.12 bits per heavy atom. The van der Waals surface area contributed by atoms with Crippen LogP contribution >= 0.6 is 0 Å². The van der Waals surface area contributed by atoms with Crippen LogP contribution in [0.4, 0.5) is 5.82 Å². The molecule has 1 aromatic carbocycles. The summed E-state index contributed by atoms with van der Waals surface area (Å²) in [6.45, 7) is 4.10. The lowest BCUT2D eigenvalue weighted by atomic mass is 9.98. The highest BCUT2D eigenvalue weighted by molar-refractivity contribution is 5.71. The molecule has 2 rings (SSSR count). The van der Waals surface area contributed by atoms with E-state index in [9.17, 15) is 0 Å². The lowest BCUT2D eigenvalue weighted by Gasteiger charge is -2.11. The molecule has 0 aliphatic rings. The number of hydrogen-bond donors (Lipinski definition) is 1. The maximum Gasteiger partial charge on any atom is 0.123 e. The fourth-order valence-corrected chi connectivity index (χ4v) is 1.94. The maximum atomic E-state index is 5.70. The van der Waals surface area contributed by atoms with Gasteiger partial charge in [-0.2, -0.15) is 0 Å². The zero-order valence-corrected chi connectivity index (χ0v) is 10.3. The Balaban J connectivity index is 2.56. The molecular weight excluding hydrogens is 212 g/mol. The van der Waals surface area contributed by atoms with Gasteiger partial charge >= 0.3 is 0 Å². The third-order valence-corrected chi connectivity index (χ3v) is 2.83. The molecule has 0 saturated carbocycles. The first-order valence-electron chi connectivity index (χ1n) is 5.49. The minimum Gasteiger partial charge on any atom is -0.496 e. The van der Waals surface area contributed by atoms with E-state index < -0.39 is 0 Å². The highest BCUT2D eigenvalue weighted by Gasteiger charge is 2.07. The van der Waals surface area contributed by atoms with E-state index >= 15 is 0 Å². The molecule has 0 fully saturated rings. The predicted octanol–water partition coefficient (Wildman–Crippen LogP) is 2.96. The number of methoxy groups -OCH3 is 1. The summed E-state index contributed by atoms with van der Waals surface area (Å²) in [6.07, 6.45) is 1.73. The highest BCUT2D eigenvalue weighted by atomic mass is 16.5. The van der Waals surface area contributed by atoms with Gasteiger partial charge in [-0.1, -0.05) is 0 Å². The van der Waals surface area contributed by atoms with Crippen LogP contribution in [0.1, 0.15) is 11.1 Å². The Hall–Kier alpha value is -2.03. The molecule has 0 unspecified atom stereocenters. The second-order valence-corrected chi connectivity index (χ2v) is 4.11. The average molecular weight is 228 g/mol. The number of ether oxygens (including phenoxy) is 1. The summed E-state index contributed by atoms with van der Waals surface area (Å²) in [5.41, 5.74) is 10.2. The van der Waals surface area contributed by atoms with Crippen molar-refractivity contribution < 1.29 is 4.74 Å². The minimum atomic E-state index is 0.537. The molecule has 0 radical (unpaired) electrons. The molecule has 0 saturated heterocycles. The van der Waals surface area contributed by atoms with Gasteiger partial charge in [-0.15, -0.1) is 0 Å². The Morgan fingerprint density at radius 2 is 1.88 bits per heavy atom. The van der Waals surface area contributed by atoms with Gasteiger partial charge in [0, 0.05) is 6.20 Å². The van der Waals surface area contributed by atoms with Crippen molar-refractivity contribution in [2.75, 3.05) is 12.8 Å². The molecule has 0 atom stereocenters. The van der Waals surface area contributed by atoms with Gasteiger partial charge in [0.25, 0.3) is 0 Å². The zero-order chi connectivity index (χ0) is 12.4. The van der Waals surface area contributed by atoms with Gasteiger partial charge in [-0.25, -0.2) is 4.98 Å². The maximum absolute atomic E-state index is 5.70. The third-order valence-electron chi connectivity index (χ3n) is 2.83. The van der Waals surface area contributed by atoms with Crippen molar-refractivity contribution in [3.8, 4) is 16.9 Å². The lowest BCUT2D eigenvalue weighted by molar-refractivity contribution is 0.411. The monoisotopic (exact) mass is 228 g/mol. The van der Waals surface area contributed by atoms with Crippen LogP contribution in [0.15, 0.2) is 30.5 Å². The van der Waals surface area contributed by atoms with Crippen LogP contribution < -0.4 is 10.5 Å². The molecule has 1 heterocycles. The smallest absolute Gasteiger partial charge is 0.123 e. The number of rotatable bonds is 2. The highest BCUT2D eigenvalue weighted by Crippen LogP contribution is 2.30. The summed E-state index contributed by atoms with van der Waals surface area (Å²) < 4.78 is 5.30. The quantitative estimate of drug-likeness (QED) is 0.859. The van der Waals surface area contributed by atoms with Gasteiger partial charge in [0.2, 0.25) is 0 Å². The molecule has 0 amide bonds. The van der Waals surface area contributed by atoms with Gasteiger partial charge in [0.15, 0.2) is 0 Å². The molecular formula is C14H16N2O. The summed E-state index contributed by atoms with van der Waals surface area (Å²) >= 11 is 0. The van der Waals surface area contributed by atoms with Gasteiger partial charge in [0.05, 0.1) is 7.11 Å². The number of aryl methyl sites for hydroxylation is 2. The van der Waals surface area contributed by atoms with Crippen molar-refractivity contribution >= 4 is 5.82 Å². The summed E-state index contributed by atoms with van der Waals surface area (Å²) in [5.74, 6) is 1.45. The normalized spacial score (nSPS) is 10.3. The van der Waals surface area contributed by atoms with Gasteiger partial charge < -0.3 is 10.5 Å². The van der Waals surface area contributed by atoms with Gasteiger partial charge in [0.1, 0.15) is 11.6 Å². The van der Waals surface area contributed by atoms with Crippen LogP contribution in [-0.4, -0.2) is 12.1 Å². The van der Waals surface area contributed by atoms with Gasteiger partial charge in [-0.05, 0) is 60.4 Å². The number of hydrogen-bond acceptors (Lipinski definition) is 3. The van der Waals surface area contributed by atoms with Crippen LogP contribution in [0.5, 0.6) is 5.75 Å². The first-order chi connectivity index (χ1) is 8.11. The second kappa shape index (κ2) is 4.45. The van der Waals surface area contributed by atoms with E-state index in [0.717, 1.165) is 28.0 Å². The zero-order valence-electron chi connectivity index (χ0n) is 10.3. The minimum absolute atomic E-state index is 0.537.